The van der Waals surface area contributed by atoms with Crippen LogP contribution < -0.4 is 20.7 Å². The molecule has 1 N–H and O–H groups in total. The number of rotatable bonds is 17. The van der Waals surface area contributed by atoms with E-state index in [0.717, 1.165) is 16.7 Å². The van der Waals surface area contributed by atoms with Crippen LogP contribution >= 0.6 is 8.53 Å². The molecule has 292 valence electrons. The second-order valence-electron chi connectivity index (χ2n) is 14.3. The van der Waals surface area contributed by atoms with Crippen LogP contribution in [0.2, 0.25) is 0 Å². The Morgan fingerprint density at radius 3 is 2.05 bits per heavy atom. The Kier molecular flexibility index (Phi) is 12.6. The zero-order valence-corrected chi connectivity index (χ0v) is 32.8. The largest absolute Gasteiger partial charge is 0.497 e. The molecule has 14 heteroatoms. The first-order valence-electron chi connectivity index (χ1n) is 18.3. The summed E-state index contributed by atoms with van der Waals surface area (Å²) in [6.07, 6.45) is -2.25. The van der Waals surface area contributed by atoms with Gasteiger partial charge in [-0.05, 0) is 68.7 Å². The van der Waals surface area contributed by atoms with Crippen molar-refractivity contribution in [1.82, 2.24) is 14.2 Å². The topological polar surface area (TPSA) is 137 Å². The molecular weight excluding hydrogens is 726 g/mol. The number of ether oxygens (including phenoxy) is 4. The van der Waals surface area contributed by atoms with E-state index in [1.165, 1.54) is 16.8 Å². The summed E-state index contributed by atoms with van der Waals surface area (Å²) >= 11 is 0. The number of H-pyrrole nitrogens is 1. The highest BCUT2D eigenvalue weighted by Gasteiger charge is 2.68. The average Bonchev–Trinajstić information content (AvgIpc) is 3.62. The molecule has 1 aliphatic carbocycles. The molecule has 1 aromatic heterocycles. The van der Waals surface area contributed by atoms with Gasteiger partial charge in [-0.15, -0.1) is 0 Å². The molecule has 1 aliphatic heterocycles. The zero-order valence-electron chi connectivity index (χ0n) is 31.9. The third-order valence-electron chi connectivity index (χ3n) is 10.2. The number of methoxy groups -OCH3 is 2. The van der Waals surface area contributed by atoms with Gasteiger partial charge in [0.2, 0.25) is 0 Å². The number of alkyl halides is 1. The average molecular weight is 775 g/mol. The molecule has 6 atom stereocenters. The van der Waals surface area contributed by atoms with Gasteiger partial charge in [0.05, 0.1) is 45.8 Å². The number of benzene rings is 3. The maximum Gasteiger partial charge on any atom is 0.330 e. The molecular formula is C41H48FN4O8P. The number of hydrogen-bond acceptors (Lipinski definition) is 10. The van der Waals surface area contributed by atoms with Gasteiger partial charge >= 0.3 is 5.69 Å². The molecule has 4 aromatic rings. The molecule has 3 aromatic carbocycles. The normalized spacial score (nSPS) is 22.6. The Morgan fingerprint density at radius 1 is 0.945 bits per heavy atom. The lowest BCUT2D eigenvalue weighted by atomic mass is 9.79. The number of hydrogen-bond donors (Lipinski definition) is 1. The maximum atomic E-state index is 16.8. The summed E-state index contributed by atoms with van der Waals surface area (Å²) in [7, 11) is 1.33. The van der Waals surface area contributed by atoms with Crippen LogP contribution in [-0.4, -0.2) is 71.6 Å². The highest BCUT2D eigenvalue weighted by atomic mass is 31.2. The lowest BCUT2D eigenvalue weighted by molar-refractivity contribution is -0.176. The van der Waals surface area contributed by atoms with Crippen LogP contribution in [0, 0.1) is 17.2 Å². The summed E-state index contributed by atoms with van der Waals surface area (Å²) in [5.74, 6) is 0.333. The van der Waals surface area contributed by atoms with Crippen LogP contribution in [-0.2, 0) is 24.1 Å². The van der Waals surface area contributed by atoms with E-state index < -0.39 is 55.4 Å². The minimum absolute atomic E-state index is 0.0324. The van der Waals surface area contributed by atoms with E-state index >= 15 is 4.39 Å². The molecule has 2 heterocycles. The number of nitrogens with zero attached hydrogens (tertiary/aromatic N) is 3. The van der Waals surface area contributed by atoms with Crippen LogP contribution in [0.5, 0.6) is 11.5 Å². The minimum atomic E-state index is -1.87. The Hall–Kier alpha value is -4.41. The van der Waals surface area contributed by atoms with Gasteiger partial charge in [-0.25, -0.2) is 13.9 Å². The van der Waals surface area contributed by atoms with Crippen molar-refractivity contribution in [3.8, 4) is 17.6 Å². The van der Waals surface area contributed by atoms with Crippen LogP contribution in [0.1, 0.15) is 63.5 Å². The number of fused-ring (bicyclic) bond motifs is 2. The van der Waals surface area contributed by atoms with Crippen molar-refractivity contribution in [2.75, 3.05) is 27.4 Å². The summed E-state index contributed by atoms with van der Waals surface area (Å²) in [6.45, 7) is 7.99. The first kappa shape index (κ1) is 40.3. The monoisotopic (exact) mass is 774 g/mol. The van der Waals surface area contributed by atoms with Gasteiger partial charge in [0.15, 0.2) is 0 Å². The number of nitrogens with one attached hydrogen (secondary N) is 1. The molecule has 6 rings (SSSR count). The van der Waals surface area contributed by atoms with Gasteiger partial charge in [-0.1, -0.05) is 54.6 Å². The van der Waals surface area contributed by atoms with Crippen molar-refractivity contribution >= 4 is 8.53 Å². The van der Waals surface area contributed by atoms with Gasteiger partial charge < -0.3 is 28.0 Å². The molecule has 2 bridgehead atoms. The Balaban J connectivity index is 1.51. The van der Waals surface area contributed by atoms with Gasteiger partial charge in [-0.2, -0.15) is 5.26 Å². The highest BCUT2D eigenvalue weighted by molar-refractivity contribution is 7.44. The van der Waals surface area contributed by atoms with E-state index in [1.54, 1.807) is 14.2 Å². The molecule has 1 saturated heterocycles. The molecule has 12 nitrogen and oxygen atoms in total. The zero-order chi connectivity index (χ0) is 39.3. The van der Waals surface area contributed by atoms with Crippen LogP contribution in [0.15, 0.2) is 101 Å². The summed E-state index contributed by atoms with van der Waals surface area (Å²) in [5, 5.41) is 9.35. The lowest BCUT2D eigenvalue weighted by Gasteiger charge is -2.42. The lowest BCUT2D eigenvalue weighted by Crippen LogP contribution is -2.47. The van der Waals surface area contributed by atoms with Gasteiger partial charge in [-0.3, -0.25) is 14.3 Å². The molecule has 55 heavy (non-hydrogen) atoms. The predicted octanol–water partition coefficient (Wildman–Crippen LogP) is 6.85. The molecule has 2 fully saturated rings. The fourth-order valence-electron chi connectivity index (χ4n) is 7.79. The quantitative estimate of drug-likeness (QED) is 0.0689. The first-order valence-corrected chi connectivity index (χ1v) is 19.5. The third-order valence-corrected chi connectivity index (χ3v) is 12.3. The van der Waals surface area contributed by atoms with Crippen LogP contribution in [0.3, 0.4) is 0 Å². The molecule has 1 unspecified atom stereocenters. The van der Waals surface area contributed by atoms with E-state index in [2.05, 4.69) is 15.7 Å². The van der Waals surface area contributed by atoms with Gasteiger partial charge in [0, 0.05) is 30.8 Å². The fourth-order valence-corrected chi connectivity index (χ4v) is 9.62. The minimum Gasteiger partial charge on any atom is -0.497 e. The van der Waals surface area contributed by atoms with Gasteiger partial charge in [0.1, 0.15) is 41.2 Å². The summed E-state index contributed by atoms with van der Waals surface area (Å²) in [5.41, 5.74) is -1.70. The standard InChI is InChI=1S/C41H48FN4O8P/c1-27(2)46(28(3)4)55(52-24-10-22-43)54-37-36-34(42)25-40(37,53-38(36)45-23-21-35(47)44-39(45)48)26-51-41(29-11-8-7-9-12-29,30-13-17-32(49-5)18-14-30)31-15-19-33(50-6)20-16-31/h7-9,11-21,23,27-28,34,36-38H,10,24-26H2,1-6H3,(H,44,47,48)/t34-,36-,37+,38-,40+,55?/m1/s1. The van der Waals surface area contributed by atoms with Crippen molar-refractivity contribution in [3.05, 3.63) is 129 Å². The maximum absolute atomic E-state index is 16.8. The second kappa shape index (κ2) is 17.2. The Labute approximate surface area is 321 Å². The molecule has 1 saturated carbocycles. The van der Waals surface area contributed by atoms with Crippen molar-refractivity contribution in [2.45, 2.75) is 82.3 Å². The smallest absolute Gasteiger partial charge is 0.330 e. The molecule has 2 aliphatic rings. The summed E-state index contributed by atoms with van der Waals surface area (Å²) < 4.78 is 58.4. The van der Waals surface area contributed by atoms with E-state index in [9.17, 15) is 14.9 Å². The second-order valence-corrected chi connectivity index (χ2v) is 15.7. The van der Waals surface area contributed by atoms with Crippen LogP contribution in [0.25, 0.3) is 0 Å². The fraction of sp³-hybridized carbons (Fsp3) is 0.439. The number of nitriles is 1. The molecule has 0 amide bonds. The third kappa shape index (κ3) is 7.99. The number of halogens is 1. The van der Waals surface area contributed by atoms with E-state index in [0.29, 0.717) is 11.5 Å². The Morgan fingerprint density at radius 2 is 1.53 bits per heavy atom. The van der Waals surface area contributed by atoms with Crippen molar-refractivity contribution in [1.29, 1.82) is 5.26 Å². The van der Waals surface area contributed by atoms with E-state index in [1.807, 2.05) is 107 Å². The predicted molar refractivity (Wildman–Crippen MR) is 206 cm³/mol. The SMILES string of the molecule is COc1ccc(C(OC[C@]23C[C@@H](F)[C@@H]([C@H](n4ccc(=O)[nH]c4=O)O2)[C@@H]3OP(OCCC#N)N(C(C)C)C(C)C)(c2ccccc2)c2ccc(OC)cc2)cc1. The summed E-state index contributed by atoms with van der Waals surface area (Å²) in [6, 6.07) is 28.1. The highest BCUT2D eigenvalue weighted by Crippen LogP contribution is 2.61. The van der Waals surface area contributed by atoms with E-state index in [4.69, 9.17) is 28.0 Å². The van der Waals surface area contributed by atoms with Gasteiger partial charge in [0.25, 0.3) is 14.1 Å². The van der Waals surface area contributed by atoms with Crippen LogP contribution in [0.4, 0.5) is 4.39 Å². The summed E-state index contributed by atoms with van der Waals surface area (Å²) in [4.78, 5) is 27.6. The van der Waals surface area contributed by atoms with Crippen molar-refractivity contribution in [2.24, 2.45) is 5.92 Å². The number of aromatic nitrogens is 2. The Bertz CT molecular complexity index is 1980. The first-order chi connectivity index (χ1) is 26.5. The number of aromatic amines is 1. The van der Waals surface area contributed by atoms with Crippen molar-refractivity contribution in [3.63, 3.8) is 0 Å². The molecule has 0 radical (unpaired) electrons. The molecule has 0 spiro atoms. The van der Waals surface area contributed by atoms with Crippen molar-refractivity contribution < 1.29 is 32.4 Å². The van der Waals surface area contributed by atoms with E-state index in [-0.39, 0.29) is 38.1 Å².